The van der Waals surface area contributed by atoms with Crippen LogP contribution >= 0.6 is 24.0 Å². The first-order chi connectivity index (χ1) is 15.6. The average molecular weight is 566 g/mol. The molecule has 3 rings (SSSR count). The first kappa shape index (κ1) is 26.9. The Bertz CT molecular complexity index is 899. The molecule has 0 aliphatic carbocycles. The lowest BCUT2D eigenvalue weighted by atomic mass is 10.0. The smallest absolute Gasteiger partial charge is 0.221 e. The fourth-order valence-electron chi connectivity index (χ4n) is 3.90. The van der Waals surface area contributed by atoms with Crippen LogP contribution < -0.4 is 20.7 Å². The molecule has 0 saturated carbocycles. The van der Waals surface area contributed by atoms with Gasteiger partial charge in [0.15, 0.2) is 5.96 Å². The number of nitrogens with zero attached hydrogens (tertiary/aromatic N) is 2. The number of ether oxygens (including phenoxy) is 1. The van der Waals surface area contributed by atoms with E-state index >= 15 is 0 Å². The number of halogens is 1. The molecule has 3 N–H and O–H groups in total. The quantitative estimate of drug-likeness (QED) is 0.257. The molecule has 0 bridgehead atoms. The van der Waals surface area contributed by atoms with E-state index in [2.05, 4.69) is 58.1 Å². The van der Waals surface area contributed by atoms with E-state index in [-0.39, 0.29) is 29.9 Å². The van der Waals surface area contributed by atoms with E-state index in [0.29, 0.717) is 24.0 Å². The summed E-state index contributed by atoms with van der Waals surface area (Å²) in [6.07, 6.45) is 2.18. The fraction of sp³-hybridized carbons (Fsp3) is 0.440. The highest BCUT2D eigenvalue weighted by atomic mass is 127. The van der Waals surface area contributed by atoms with Gasteiger partial charge in [-0.2, -0.15) is 0 Å². The lowest BCUT2D eigenvalue weighted by Crippen LogP contribution is -2.48. The second-order valence-corrected chi connectivity index (χ2v) is 8.09. The van der Waals surface area contributed by atoms with Gasteiger partial charge in [-0.1, -0.05) is 36.4 Å². The van der Waals surface area contributed by atoms with Gasteiger partial charge in [0.05, 0.1) is 19.3 Å². The van der Waals surface area contributed by atoms with Crippen molar-refractivity contribution >= 4 is 41.5 Å². The van der Waals surface area contributed by atoms with Crippen LogP contribution in [0.25, 0.3) is 0 Å². The molecule has 1 heterocycles. The van der Waals surface area contributed by atoms with Crippen LogP contribution in [0, 0.1) is 0 Å². The van der Waals surface area contributed by atoms with Crippen molar-refractivity contribution in [3.63, 3.8) is 0 Å². The molecule has 180 valence electrons. The van der Waals surface area contributed by atoms with Gasteiger partial charge in [0.1, 0.15) is 5.75 Å². The molecular weight excluding hydrogens is 529 g/mol. The number of nitrogens with one attached hydrogen (secondary N) is 3. The largest absolute Gasteiger partial charge is 0.495 e. The third-order valence-corrected chi connectivity index (χ3v) is 5.52. The maximum absolute atomic E-state index is 11.5. The van der Waals surface area contributed by atoms with E-state index in [1.165, 1.54) is 12.5 Å². The Morgan fingerprint density at radius 3 is 2.48 bits per heavy atom. The molecule has 1 fully saturated rings. The highest BCUT2D eigenvalue weighted by molar-refractivity contribution is 14.0. The zero-order valence-corrected chi connectivity index (χ0v) is 22.1. The van der Waals surface area contributed by atoms with E-state index in [9.17, 15) is 4.79 Å². The van der Waals surface area contributed by atoms with Gasteiger partial charge in [-0.3, -0.25) is 9.69 Å². The molecule has 2 aromatic carbocycles. The van der Waals surface area contributed by atoms with Crippen LogP contribution in [0.5, 0.6) is 5.75 Å². The molecule has 1 saturated heterocycles. The molecule has 0 radical (unpaired) electrons. The predicted molar refractivity (Wildman–Crippen MR) is 145 cm³/mol. The van der Waals surface area contributed by atoms with Crippen LogP contribution in [0.3, 0.4) is 0 Å². The zero-order valence-electron chi connectivity index (χ0n) is 19.8. The van der Waals surface area contributed by atoms with Crippen LogP contribution in [0.4, 0.5) is 5.69 Å². The van der Waals surface area contributed by atoms with E-state index in [1.807, 2.05) is 18.2 Å². The second kappa shape index (κ2) is 14.0. The van der Waals surface area contributed by atoms with Gasteiger partial charge in [0.25, 0.3) is 0 Å². The van der Waals surface area contributed by atoms with Crippen molar-refractivity contribution in [3.8, 4) is 5.75 Å². The molecule has 2 aromatic rings. The maximum atomic E-state index is 11.5. The number of aliphatic imine (C=N–C) groups is 1. The Morgan fingerprint density at radius 1 is 1.12 bits per heavy atom. The van der Waals surface area contributed by atoms with Crippen LogP contribution in [0.1, 0.15) is 37.8 Å². The molecule has 0 atom stereocenters. The van der Waals surface area contributed by atoms with Crippen molar-refractivity contribution in [3.05, 3.63) is 59.7 Å². The van der Waals surface area contributed by atoms with Crippen LogP contribution in [-0.4, -0.2) is 49.6 Å². The van der Waals surface area contributed by atoms with E-state index < -0.39 is 0 Å². The van der Waals surface area contributed by atoms with Crippen molar-refractivity contribution in [1.29, 1.82) is 0 Å². The number of carbonyl (C=O) groups excluding carboxylic acids is 1. The Kier molecular flexibility index (Phi) is 11.5. The summed E-state index contributed by atoms with van der Waals surface area (Å²) in [5, 5.41) is 9.77. The first-order valence-corrected chi connectivity index (χ1v) is 11.3. The standard InChI is InChI=1S/C25H35N5O2.HI/c1-4-26-25(27-17-21-10-11-24(32-3)23(16-21)28-19(2)31)29-22-12-14-30(15-13-22)18-20-8-6-5-7-9-20;/h5-11,16,22H,4,12-15,17-18H2,1-3H3,(H,28,31)(H2,26,27,29);1H. The molecular formula is C25H36IN5O2. The highest BCUT2D eigenvalue weighted by Crippen LogP contribution is 2.25. The number of hydrogen-bond acceptors (Lipinski definition) is 4. The van der Waals surface area contributed by atoms with Gasteiger partial charge in [-0.25, -0.2) is 4.99 Å². The minimum Gasteiger partial charge on any atom is -0.495 e. The van der Waals surface area contributed by atoms with Crippen LogP contribution in [-0.2, 0) is 17.9 Å². The summed E-state index contributed by atoms with van der Waals surface area (Å²) >= 11 is 0. The predicted octanol–water partition coefficient (Wildman–Crippen LogP) is 3.99. The number of hydrogen-bond donors (Lipinski definition) is 3. The topological polar surface area (TPSA) is 78.0 Å². The number of benzene rings is 2. The number of amides is 1. The van der Waals surface area contributed by atoms with Gasteiger partial charge >= 0.3 is 0 Å². The van der Waals surface area contributed by atoms with Gasteiger partial charge in [0, 0.05) is 39.1 Å². The lowest BCUT2D eigenvalue weighted by molar-refractivity contribution is -0.114. The highest BCUT2D eigenvalue weighted by Gasteiger charge is 2.20. The van der Waals surface area contributed by atoms with E-state index in [0.717, 1.165) is 50.5 Å². The Labute approximate surface area is 214 Å². The number of piperidine rings is 1. The summed E-state index contributed by atoms with van der Waals surface area (Å²) in [7, 11) is 1.59. The first-order valence-electron chi connectivity index (χ1n) is 11.3. The third-order valence-electron chi connectivity index (χ3n) is 5.52. The fourth-order valence-corrected chi connectivity index (χ4v) is 3.90. The Hall–Kier alpha value is -2.33. The summed E-state index contributed by atoms with van der Waals surface area (Å²) in [6, 6.07) is 16.8. The summed E-state index contributed by atoms with van der Waals surface area (Å²) in [4.78, 5) is 18.8. The number of rotatable bonds is 8. The summed E-state index contributed by atoms with van der Waals surface area (Å²) < 4.78 is 5.33. The van der Waals surface area contributed by atoms with Gasteiger partial charge in [0.2, 0.25) is 5.91 Å². The molecule has 0 spiro atoms. The average Bonchev–Trinajstić information content (AvgIpc) is 2.79. The number of guanidine groups is 1. The summed E-state index contributed by atoms with van der Waals surface area (Å²) in [5.41, 5.74) is 3.04. The SMILES string of the molecule is CCNC(=NCc1ccc(OC)c(NC(C)=O)c1)NC1CCN(Cc2ccccc2)CC1.I. The minimum absolute atomic E-state index is 0. The normalized spacial score (nSPS) is 14.8. The van der Waals surface area contributed by atoms with E-state index in [4.69, 9.17) is 9.73 Å². The number of carbonyl (C=O) groups is 1. The monoisotopic (exact) mass is 565 g/mol. The molecule has 8 heteroatoms. The lowest BCUT2D eigenvalue weighted by Gasteiger charge is -2.33. The van der Waals surface area contributed by atoms with Gasteiger partial charge in [-0.15, -0.1) is 24.0 Å². The maximum Gasteiger partial charge on any atom is 0.221 e. The molecule has 0 aromatic heterocycles. The molecule has 1 aliphatic rings. The Balaban J connectivity index is 0.00000385. The van der Waals surface area contributed by atoms with Crippen molar-refractivity contribution in [1.82, 2.24) is 15.5 Å². The van der Waals surface area contributed by atoms with Crippen molar-refractivity contribution in [2.24, 2.45) is 4.99 Å². The van der Waals surface area contributed by atoms with Gasteiger partial charge < -0.3 is 20.7 Å². The molecule has 1 aliphatic heterocycles. The molecule has 7 nitrogen and oxygen atoms in total. The number of anilines is 1. The van der Waals surface area contributed by atoms with Crippen LogP contribution in [0.2, 0.25) is 0 Å². The zero-order chi connectivity index (χ0) is 22.8. The van der Waals surface area contributed by atoms with Crippen LogP contribution in [0.15, 0.2) is 53.5 Å². The van der Waals surface area contributed by atoms with E-state index in [1.54, 1.807) is 7.11 Å². The molecule has 33 heavy (non-hydrogen) atoms. The Morgan fingerprint density at radius 2 is 1.85 bits per heavy atom. The second-order valence-electron chi connectivity index (χ2n) is 8.09. The van der Waals surface area contributed by atoms with Gasteiger partial charge in [-0.05, 0) is 43.0 Å². The molecule has 0 unspecified atom stereocenters. The van der Waals surface area contributed by atoms with Crippen molar-refractivity contribution in [2.75, 3.05) is 32.1 Å². The summed E-state index contributed by atoms with van der Waals surface area (Å²) in [5.74, 6) is 1.34. The summed E-state index contributed by atoms with van der Waals surface area (Å²) in [6.45, 7) is 8.03. The van der Waals surface area contributed by atoms with Crippen molar-refractivity contribution < 1.29 is 9.53 Å². The third kappa shape index (κ3) is 8.85. The number of likely N-dealkylation sites (tertiary alicyclic amines) is 1. The molecule has 1 amide bonds. The minimum atomic E-state index is -0.127. The number of methoxy groups -OCH3 is 1. The van der Waals surface area contributed by atoms with Crippen molar-refractivity contribution in [2.45, 2.75) is 45.8 Å².